The van der Waals surface area contributed by atoms with Crippen LogP contribution in [-0.2, 0) is 14.8 Å². The Kier molecular flexibility index (Phi) is 5.94. The SMILES string of the molecule is CNS(=O)(=O)c1cccc(NC(=O)CCCCO)c1. The number of unbranched alkanes of at least 4 members (excludes halogenated alkanes) is 1. The van der Waals surface area contributed by atoms with Crippen LogP contribution >= 0.6 is 0 Å². The number of amides is 1. The van der Waals surface area contributed by atoms with Crippen LogP contribution in [0.5, 0.6) is 0 Å². The molecule has 0 bridgehead atoms. The van der Waals surface area contributed by atoms with E-state index < -0.39 is 10.0 Å². The van der Waals surface area contributed by atoms with Crippen molar-refractivity contribution >= 4 is 21.6 Å². The molecule has 0 saturated carbocycles. The summed E-state index contributed by atoms with van der Waals surface area (Å²) >= 11 is 0. The highest BCUT2D eigenvalue weighted by Crippen LogP contribution is 2.15. The summed E-state index contributed by atoms with van der Waals surface area (Å²) in [5, 5.41) is 11.2. The summed E-state index contributed by atoms with van der Waals surface area (Å²) in [7, 11) is -2.18. The van der Waals surface area contributed by atoms with Gasteiger partial charge in [-0.3, -0.25) is 4.79 Å². The van der Waals surface area contributed by atoms with Gasteiger partial charge in [0, 0.05) is 18.7 Å². The zero-order valence-corrected chi connectivity index (χ0v) is 11.5. The lowest BCUT2D eigenvalue weighted by Crippen LogP contribution is -2.19. The smallest absolute Gasteiger partial charge is 0.240 e. The molecule has 1 rings (SSSR count). The maximum atomic E-state index is 11.6. The second kappa shape index (κ2) is 7.22. The van der Waals surface area contributed by atoms with Crippen LogP contribution in [0.3, 0.4) is 0 Å². The topological polar surface area (TPSA) is 95.5 Å². The average Bonchev–Trinajstić information content (AvgIpc) is 2.39. The van der Waals surface area contributed by atoms with Gasteiger partial charge in [0.1, 0.15) is 0 Å². The first kappa shape index (κ1) is 15.6. The predicted molar refractivity (Wildman–Crippen MR) is 72.3 cm³/mol. The molecule has 3 N–H and O–H groups in total. The van der Waals surface area contributed by atoms with Crippen molar-refractivity contribution in [3.63, 3.8) is 0 Å². The molecule has 0 saturated heterocycles. The number of hydrogen-bond acceptors (Lipinski definition) is 4. The van der Waals surface area contributed by atoms with E-state index >= 15 is 0 Å². The molecule has 0 unspecified atom stereocenters. The second-order valence-electron chi connectivity index (χ2n) is 3.96. The summed E-state index contributed by atoms with van der Waals surface area (Å²) in [5.74, 6) is -0.201. The summed E-state index contributed by atoms with van der Waals surface area (Å²) in [6.45, 7) is 0.0587. The van der Waals surface area contributed by atoms with Crippen LogP contribution in [0.25, 0.3) is 0 Å². The highest BCUT2D eigenvalue weighted by Gasteiger charge is 2.12. The van der Waals surface area contributed by atoms with Gasteiger partial charge in [-0.15, -0.1) is 0 Å². The van der Waals surface area contributed by atoms with E-state index in [0.717, 1.165) is 0 Å². The van der Waals surface area contributed by atoms with Gasteiger partial charge in [-0.05, 0) is 38.1 Å². The highest BCUT2D eigenvalue weighted by molar-refractivity contribution is 7.89. The fourth-order valence-electron chi connectivity index (χ4n) is 1.48. The Bertz CT molecular complexity index is 528. The van der Waals surface area contributed by atoms with E-state index in [0.29, 0.717) is 24.9 Å². The molecule has 1 aromatic carbocycles. The number of benzene rings is 1. The standard InChI is InChI=1S/C12H18N2O4S/c1-13-19(17,18)11-6-4-5-10(9-11)14-12(16)7-2-3-8-15/h4-6,9,13,15H,2-3,7-8H2,1H3,(H,14,16). The minimum atomic E-state index is -3.51. The molecule has 1 aromatic rings. The number of carbonyl (C=O) groups is 1. The number of rotatable bonds is 7. The normalized spacial score (nSPS) is 11.3. The molecule has 1 amide bonds. The maximum absolute atomic E-state index is 11.6. The molecule has 0 atom stereocenters. The molecule has 0 aromatic heterocycles. The number of aliphatic hydroxyl groups excluding tert-OH is 1. The highest BCUT2D eigenvalue weighted by atomic mass is 32.2. The zero-order chi connectivity index (χ0) is 14.3. The van der Waals surface area contributed by atoms with Crippen LogP contribution in [0, 0.1) is 0 Å². The van der Waals surface area contributed by atoms with Gasteiger partial charge in [-0.25, -0.2) is 13.1 Å². The van der Waals surface area contributed by atoms with Gasteiger partial charge in [0.05, 0.1) is 4.90 Å². The quantitative estimate of drug-likeness (QED) is 0.643. The van der Waals surface area contributed by atoms with Gasteiger partial charge in [-0.1, -0.05) is 6.07 Å². The van der Waals surface area contributed by atoms with Crippen molar-refractivity contribution in [3.8, 4) is 0 Å². The minimum Gasteiger partial charge on any atom is -0.396 e. The molecule has 6 nitrogen and oxygen atoms in total. The Morgan fingerprint density at radius 2 is 2.05 bits per heavy atom. The summed E-state index contributed by atoms with van der Waals surface area (Å²) in [5.41, 5.74) is 0.435. The van der Waals surface area contributed by atoms with Gasteiger partial charge in [0.25, 0.3) is 0 Å². The Morgan fingerprint density at radius 3 is 2.68 bits per heavy atom. The van der Waals surface area contributed by atoms with Crippen LogP contribution in [0.1, 0.15) is 19.3 Å². The Balaban J connectivity index is 2.70. The number of carbonyl (C=O) groups excluding carboxylic acids is 1. The molecular formula is C12H18N2O4S. The van der Waals surface area contributed by atoms with Crippen LogP contribution < -0.4 is 10.0 Å². The van der Waals surface area contributed by atoms with Crippen molar-refractivity contribution in [1.82, 2.24) is 4.72 Å². The van der Waals surface area contributed by atoms with Gasteiger partial charge >= 0.3 is 0 Å². The van der Waals surface area contributed by atoms with Crippen molar-refractivity contribution in [2.45, 2.75) is 24.2 Å². The van der Waals surface area contributed by atoms with E-state index in [2.05, 4.69) is 10.0 Å². The number of nitrogens with one attached hydrogen (secondary N) is 2. The predicted octanol–water partition coefficient (Wildman–Crippen LogP) is 0.696. The van der Waals surface area contributed by atoms with Crippen LogP contribution in [0.15, 0.2) is 29.2 Å². The monoisotopic (exact) mass is 286 g/mol. The number of sulfonamides is 1. The van der Waals surface area contributed by atoms with Crippen molar-refractivity contribution < 1.29 is 18.3 Å². The van der Waals surface area contributed by atoms with Crippen LogP contribution in [0.4, 0.5) is 5.69 Å². The fourth-order valence-corrected chi connectivity index (χ4v) is 2.26. The molecule has 7 heteroatoms. The van der Waals surface area contributed by atoms with Crippen molar-refractivity contribution in [2.24, 2.45) is 0 Å². The third-order valence-corrected chi connectivity index (χ3v) is 3.92. The molecular weight excluding hydrogens is 268 g/mol. The Hall–Kier alpha value is -1.44. The molecule has 0 aliphatic rings. The average molecular weight is 286 g/mol. The number of aliphatic hydroxyl groups is 1. The van der Waals surface area contributed by atoms with Gasteiger partial charge in [0.15, 0.2) is 0 Å². The molecule has 0 aliphatic heterocycles. The molecule has 0 spiro atoms. The largest absolute Gasteiger partial charge is 0.396 e. The van der Waals surface area contributed by atoms with E-state index in [1.165, 1.54) is 19.2 Å². The number of hydrogen-bond donors (Lipinski definition) is 3. The molecule has 0 fully saturated rings. The summed E-state index contributed by atoms with van der Waals surface area (Å²) in [6.07, 6.45) is 1.46. The fraction of sp³-hybridized carbons (Fsp3) is 0.417. The number of anilines is 1. The lowest BCUT2D eigenvalue weighted by atomic mass is 10.2. The van der Waals surface area contributed by atoms with Crippen molar-refractivity contribution in [1.29, 1.82) is 0 Å². The molecule has 106 valence electrons. The Labute approximate surface area is 112 Å². The maximum Gasteiger partial charge on any atom is 0.240 e. The van der Waals surface area contributed by atoms with Gasteiger partial charge in [0.2, 0.25) is 15.9 Å². The van der Waals surface area contributed by atoms with Crippen molar-refractivity contribution in [2.75, 3.05) is 19.0 Å². The van der Waals surface area contributed by atoms with E-state index in [4.69, 9.17) is 5.11 Å². The van der Waals surface area contributed by atoms with E-state index in [-0.39, 0.29) is 17.4 Å². The first-order chi connectivity index (χ1) is 8.99. The molecule has 19 heavy (non-hydrogen) atoms. The first-order valence-corrected chi connectivity index (χ1v) is 7.42. The molecule has 0 heterocycles. The zero-order valence-electron chi connectivity index (χ0n) is 10.7. The van der Waals surface area contributed by atoms with Crippen LogP contribution in [0.2, 0.25) is 0 Å². The summed E-state index contributed by atoms with van der Waals surface area (Å²) < 4.78 is 25.4. The first-order valence-electron chi connectivity index (χ1n) is 5.94. The van der Waals surface area contributed by atoms with E-state index in [1.54, 1.807) is 12.1 Å². The lowest BCUT2D eigenvalue weighted by Gasteiger charge is -2.07. The second-order valence-corrected chi connectivity index (χ2v) is 5.85. The van der Waals surface area contributed by atoms with Crippen LogP contribution in [-0.4, -0.2) is 33.1 Å². The Morgan fingerprint density at radius 1 is 1.32 bits per heavy atom. The summed E-state index contributed by atoms with van der Waals surface area (Å²) in [4.78, 5) is 11.7. The minimum absolute atomic E-state index is 0.0587. The molecule has 0 aliphatic carbocycles. The summed E-state index contributed by atoms with van der Waals surface area (Å²) in [6, 6.07) is 6.04. The third kappa shape index (κ3) is 4.98. The van der Waals surface area contributed by atoms with Gasteiger partial charge < -0.3 is 10.4 Å². The lowest BCUT2D eigenvalue weighted by molar-refractivity contribution is -0.116. The molecule has 0 radical (unpaired) electrons. The van der Waals surface area contributed by atoms with E-state index in [1.807, 2.05) is 0 Å². The third-order valence-electron chi connectivity index (χ3n) is 2.51. The van der Waals surface area contributed by atoms with Crippen molar-refractivity contribution in [3.05, 3.63) is 24.3 Å². The van der Waals surface area contributed by atoms with E-state index in [9.17, 15) is 13.2 Å². The van der Waals surface area contributed by atoms with Gasteiger partial charge in [-0.2, -0.15) is 0 Å².